The fraction of sp³-hybridized carbons (Fsp3) is 0.316. The highest BCUT2D eigenvalue weighted by Gasteiger charge is 2.09. The van der Waals surface area contributed by atoms with Crippen molar-refractivity contribution in [2.75, 3.05) is 11.9 Å². The molecule has 0 radical (unpaired) electrons. The molecular weight excluding hydrogens is 319 g/mol. The van der Waals surface area contributed by atoms with Gasteiger partial charge in [0.05, 0.1) is 18.1 Å². The Morgan fingerprint density at radius 2 is 2.04 bits per heavy atom. The van der Waals surface area contributed by atoms with Crippen molar-refractivity contribution < 1.29 is 9.18 Å². The molecule has 25 heavy (non-hydrogen) atoms. The van der Waals surface area contributed by atoms with E-state index in [0.717, 1.165) is 19.3 Å². The van der Waals surface area contributed by atoms with E-state index in [2.05, 4.69) is 26.7 Å². The van der Waals surface area contributed by atoms with Crippen LogP contribution in [0.5, 0.6) is 0 Å². The summed E-state index contributed by atoms with van der Waals surface area (Å²) >= 11 is 0. The molecule has 1 amide bonds. The molecule has 2 N–H and O–H groups in total. The molecule has 0 spiro atoms. The number of allylic oxidation sites excluding steroid dienone is 1. The maximum Gasteiger partial charge on any atom is 0.271 e. The van der Waals surface area contributed by atoms with Crippen LogP contribution >= 0.6 is 0 Å². The molecule has 0 saturated heterocycles. The third-order valence-electron chi connectivity index (χ3n) is 4.14. The normalized spacial score (nSPS) is 13.9. The number of carbonyl (C=O) groups excluding carboxylic acids is 1. The van der Waals surface area contributed by atoms with Gasteiger partial charge in [-0.1, -0.05) is 23.8 Å². The average Bonchev–Trinajstić information content (AvgIpc) is 2.65. The summed E-state index contributed by atoms with van der Waals surface area (Å²) < 4.78 is 13.6. The second-order valence-corrected chi connectivity index (χ2v) is 6.01. The molecule has 2 aromatic rings. The molecule has 1 aromatic carbocycles. The molecule has 0 unspecified atom stereocenters. The van der Waals surface area contributed by atoms with E-state index < -0.39 is 0 Å². The number of para-hydroxylation sites is 1. The molecular formula is C19H21FN4O. The lowest BCUT2D eigenvalue weighted by Gasteiger charge is -2.12. The van der Waals surface area contributed by atoms with Gasteiger partial charge in [-0.25, -0.2) is 14.4 Å². The molecule has 1 aliphatic carbocycles. The molecule has 0 atom stereocenters. The van der Waals surface area contributed by atoms with Crippen LogP contribution in [0.2, 0.25) is 0 Å². The third-order valence-corrected chi connectivity index (χ3v) is 4.14. The lowest BCUT2D eigenvalue weighted by molar-refractivity contribution is 0.0948. The first-order valence-corrected chi connectivity index (χ1v) is 8.52. The fourth-order valence-electron chi connectivity index (χ4n) is 2.77. The number of benzene rings is 1. The molecule has 1 heterocycles. The summed E-state index contributed by atoms with van der Waals surface area (Å²) in [6.45, 7) is 0.599. The number of anilines is 2. The van der Waals surface area contributed by atoms with Gasteiger partial charge in [-0.15, -0.1) is 0 Å². The summed E-state index contributed by atoms with van der Waals surface area (Å²) in [6.07, 6.45) is 10.7. The maximum absolute atomic E-state index is 13.6. The summed E-state index contributed by atoms with van der Waals surface area (Å²) in [5, 5.41) is 5.70. The molecule has 1 aliphatic rings. The summed E-state index contributed by atoms with van der Waals surface area (Å²) in [7, 11) is 0. The number of halogens is 1. The first kappa shape index (κ1) is 17.1. The Morgan fingerprint density at radius 1 is 1.16 bits per heavy atom. The average molecular weight is 340 g/mol. The molecule has 6 heteroatoms. The predicted octanol–water partition coefficient (Wildman–Crippen LogP) is 3.98. The number of aromatic nitrogens is 2. The van der Waals surface area contributed by atoms with E-state index in [0.29, 0.717) is 18.1 Å². The molecule has 0 fully saturated rings. The summed E-state index contributed by atoms with van der Waals surface area (Å²) in [6, 6.07) is 6.31. The van der Waals surface area contributed by atoms with Crippen LogP contribution < -0.4 is 10.6 Å². The number of nitrogens with one attached hydrogen (secondary N) is 2. The first-order valence-electron chi connectivity index (χ1n) is 8.52. The number of rotatable bonds is 6. The molecule has 0 bridgehead atoms. The molecule has 130 valence electrons. The van der Waals surface area contributed by atoms with Gasteiger partial charge in [0.1, 0.15) is 17.3 Å². The highest BCUT2D eigenvalue weighted by molar-refractivity contribution is 5.92. The molecule has 0 saturated carbocycles. The minimum absolute atomic E-state index is 0.247. The molecule has 5 nitrogen and oxygen atoms in total. The predicted molar refractivity (Wildman–Crippen MR) is 95.2 cm³/mol. The van der Waals surface area contributed by atoms with E-state index in [1.165, 1.54) is 36.9 Å². The van der Waals surface area contributed by atoms with Gasteiger partial charge in [0, 0.05) is 6.54 Å². The monoisotopic (exact) mass is 340 g/mol. The number of hydrogen-bond acceptors (Lipinski definition) is 4. The van der Waals surface area contributed by atoms with Crippen LogP contribution in [0.15, 0.2) is 48.3 Å². The lowest BCUT2D eigenvalue weighted by atomic mass is 9.97. The quantitative estimate of drug-likeness (QED) is 0.781. The smallest absolute Gasteiger partial charge is 0.271 e. The van der Waals surface area contributed by atoms with Crippen molar-refractivity contribution in [2.24, 2.45) is 0 Å². The van der Waals surface area contributed by atoms with E-state index in [1.807, 2.05) is 0 Å². The van der Waals surface area contributed by atoms with Crippen molar-refractivity contribution in [3.63, 3.8) is 0 Å². The highest BCUT2D eigenvalue weighted by atomic mass is 19.1. The Balaban J connectivity index is 1.52. The summed E-state index contributed by atoms with van der Waals surface area (Å²) in [4.78, 5) is 20.3. The van der Waals surface area contributed by atoms with Gasteiger partial charge in [0.2, 0.25) is 0 Å². The van der Waals surface area contributed by atoms with Gasteiger partial charge in [0.25, 0.3) is 5.91 Å². The van der Waals surface area contributed by atoms with Crippen LogP contribution in [0.3, 0.4) is 0 Å². The Kier molecular flexibility index (Phi) is 5.72. The van der Waals surface area contributed by atoms with Crippen LogP contribution in [-0.4, -0.2) is 22.4 Å². The Bertz CT molecular complexity index is 758. The molecule has 0 aliphatic heterocycles. The van der Waals surface area contributed by atoms with E-state index in [-0.39, 0.29) is 17.4 Å². The third kappa shape index (κ3) is 4.86. The van der Waals surface area contributed by atoms with Crippen molar-refractivity contribution in [1.82, 2.24) is 15.3 Å². The van der Waals surface area contributed by atoms with Crippen LogP contribution in [-0.2, 0) is 0 Å². The second kappa shape index (κ2) is 8.37. The minimum atomic E-state index is -0.372. The second-order valence-electron chi connectivity index (χ2n) is 6.01. The lowest BCUT2D eigenvalue weighted by Crippen LogP contribution is -2.26. The molecule has 3 rings (SSSR count). The fourth-order valence-corrected chi connectivity index (χ4v) is 2.77. The van der Waals surface area contributed by atoms with E-state index in [9.17, 15) is 9.18 Å². The zero-order valence-corrected chi connectivity index (χ0v) is 14.0. The van der Waals surface area contributed by atoms with Gasteiger partial charge in [-0.2, -0.15) is 0 Å². The SMILES string of the molecule is O=C(NCCC1=CCCCC1)c1cnc(Nc2ccccc2F)cn1. The van der Waals surface area contributed by atoms with Gasteiger partial charge in [-0.3, -0.25) is 4.79 Å². The maximum atomic E-state index is 13.6. The summed E-state index contributed by atoms with van der Waals surface area (Å²) in [5.41, 5.74) is 1.98. The van der Waals surface area contributed by atoms with E-state index in [4.69, 9.17) is 0 Å². The van der Waals surface area contributed by atoms with E-state index >= 15 is 0 Å². The Hall–Kier alpha value is -2.76. The van der Waals surface area contributed by atoms with Crippen LogP contribution in [0.1, 0.15) is 42.6 Å². The number of amides is 1. The van der Waals surface area contributed by atoms with Crippen LogP contribution in [0.4, 0.5) is 15.9 Å². The highest BCUT2D eigenvalue weighted by Crippen LogP contribution is 2.19. The number of hydrogen-bond donors (Lipinski definition) is 2. The first-order chi connectivity index (χ1) is 12.2. The van der Waals surface area contributed by atoms with Crippen molar-refractivity contribution in [1.29, 1.82) is 0 Å². The van der Waals surface area contributed by atoms with Crippen molar-refractivity contribution in [3.05, 3.63) is 59.8 Å². The zero-order valence-electron chi connectivity index (χ0n) is 14.0. The standard InChI is InChI=1S/C19H21FN4O/c20-15-8-4-5-9-16(15)24-18-13-22-17(12-23-18)19(25)21-11-10-14-6-2-1-3-7-14/h4-6,8-9,12-13H,1-3,7,10-11H2,(H,21,25)(H,23,24). The minimum Gasteiger partial charge on any atom is -0.350 e. The number of nitrogens with zero attached hydrogens (tertiary/aromatic N) is 2. The van der Waals surface area contributed by atoms with Crippen molar-refractivity contribution in [3.8, 4) is 0 Å². The largest absolute Gasteiger partial charge is 0.350 e. The van der Waals surface area contributed by atoms with Gasteiger partial charge < -0.3 is 10.6 Å². The topological polar surface area (TPSA) is 66.9 Å². The van der Waals surface area contributed by atoms with Gasteiger partial charge in [-0.05, 0) is 44.2 Å². The van der Waals surface area contributed by atoms with E-state index in [1.54, 1.807) is 18.2 Å². The van der Waals surface area contributed by atoms with Crippen LogP contribution in [0, 0.1) is 5.82 Å². The zero-order chi connectivity index (χ0) is 17.5. The van der Waals surface area contributed by atoms with Crippen LogP contribution in [0.25, 0.3) is 0 Å². The van der Waals surface area contributed by atoms with Crippen molar-refractivity contribution >= 4 is 17.4 Å². The molecule has 1 aromatic heterocycles. The Morgan fingerprint density at radius 3 is 2.76 bits per heavy atom. The summed E-state index contributed by atoms with van der Waals surface area (Å²) in [5.74, 6) is -0.238. The van der Waals surface area contributed by atoms with Gasteiger partial charge in [0.15, 0.2) is 0 Å². The Labute approximate surface area is 146 Å². The number of carbonyl (C=O) groups is 1. The van der Waals surface area contributed by atoms with Crippen molar-refractivity contribution in [2.45, 2.75) is 32.1 Å². The van der Waals surface area contributed by atoms with Gasteiger partial charge >= 0.3 is 0 Å².